The summed E-state index contributed by atoms with van der Waals surface area (Å²) in [4.78, 5) is 2.71. The first kappa shape index (κ1) is 15.3. The van der Waals surface area contributed by atoms with Crippen molar-refractivity contribution in [2.45, 2.75) is 58.5 Å². The molecule has 3 heteroatoms. The predicted octanol–water partition coefficient (Wildman–Crippen LogP) is 2.51. The summed E-state index contributed by atoms with van der Waals surface area (Å²) in [5, 5.41) is 3.80. The van der Waals surface area contributed by atoms with Gasteiger partial charge in [0.05, 0.1) is 6.61 Å². The maximum absolute atomic E-state index is 5.58. The van der Waals surface area contributed by atoms with Crippen molar-refractivity contribution in [2.24, 2.45) is 11.8 Å². The van der Waals surface area contributed by atoms with Crippen molar-refractivity contribution in [2.75, 3.05) is 32.8 Å². The van der Waals surface area contributed by atoms with Gasteiger partial charge in [0, 0.05) is 37.8 Å². The van der Waals surface area contributed by atoms with E-state index in [4.69, 9.17) is 4.74 Å². The Kier molecular flexibility index (Phi) is 5.27. The van der Waals surface area contributed by atoms with E-state index in [-0.39, 0.29) is 0 Å². The molecule has 1 heterocycles. The van der Waals surface area contributed by atoms with Crippen LogP contribution >= 0.6 is 0 Å². The van der Waals surface area contributed by atoms with Gasteiger partial charge in [0.15, 0.2) is 0 Å². The van der Waals surface area contributed by atoms with Crippen LogP contribution in [0.5, 0.6) is 0 Å². The molecule has 0 radical (unpaired) electrons. The summed E-state index contributed by atoms with van der Waals surface area (Å²) in [6, 6.07) is 0.661. The summed E-state index contributed by atoms with van der Waals surface area (Å²) in [7, 11) is 0. The van der Waals surface area contributed by atoms with Crippen molar-refractivity contribution >= 4 is 0 Å². The Hall–Kier alpha value is -0.120. The van der Waals surface area contributed by atoms with Crippen LogP contribution in [0.15, 0.2) is 0 Å². The SMILES string of the molecule is CCOCCN1CC(CC(C)C)NCC1(C)C1CC1. The third-order valence-corrected chi connectivity index (χ3v) is 4.83. The Balaban J connectivity index is 1.93. The van der Waals surface area contributed by atoms with Gasteiger partial charge in [-0.25, -0.2) is 0 Å². The molecule has 0 spiro atoms. The minimum absolute atomic E-state index is 0.366. The second-order valence-electron chi connectivity index (χ2n) is 6.98. The smallest absolute Gasteiger partial charge is 0.0593 e. The van der Waals surface area contributed by atoms with Crippen molar-refractivity contribution in [3.05, 3.63) is 0 Å². The monoisotopic (exact) mass is 268 g/mol. The summed E-state index contributed by atoms with van der Waals surface area (Å²) >= 11 is 0. The minimum Gasteiger partial charge on any atom is -0.380 e. The lowest BCUT2D eigenvalue weighted by Gasteiger charge is -2.49. The maximum atomic E-state index is 5.58. The second kappa shape index (κ2) is 6.55. The van der Waals surface area contributed by atoms with Crippen LogP contribution in [0.4, 0.5) is 0 Å². The number of ether oxygens (including phenoxy) is 1. The van der Waals surface area contributed by atoms with E-state index in [1.807, 2.05) is 0 Å². The molecule has 1 N–H and O–H groups in total. The molecule has 0 aromatic carbocycles. The highest BCUT2D eigenvalue weighted by Gasteiger charge is 2.47. The molecular weight excluding hydrogens is 236 g/mol. The standard InChI is InChI=1S/C16H32N2O/c1-5-19-9-8-18-11-15(10-13(2)3)17-12-16(18,4)14-6-7-14/h13-15,17H,5-12H2,1-4H3. The van der Waals surface area contributed by atoms with Crippen molar-refractivity contribution in [3.63, 3.8) is 0 Å². The first-order chi connectivity index (χ1) is 9.06. The molecule has 2 fully saturated rings. The summed E-state index contributed by atoms with van der Waals surface area (Å²) in [5.41, 5.74) is 0.366. The van der Waals surface area contributed by atoms with Gasteiger partial charge in [-0.05, 0) is 44.9 Å². The van der Waals surface area contributed by atoms with E-state index in [2.05, 4.69) is 37.9 Å². The third-order valence-electron chi connectivity index (χ3n) is 4.83. The number of nitrogens with zero attached hydrogens (tertiary/aromatic N) is 1. The molecule has 2 unspecified atom stereocenters. The molecule has 0 aromatic heterocycles. The normalized spacial score (nSPS) is 33.0. The highest BCUT2D eigenvalue weighted by atomic mass is 16.5. The second-order valence-corrected chi connectivity index (χ2v) is 6.98. The fourth-order valence-corrected chi connectivity index (χ4v) is 3.50. The molecule has 1 aliphatic heterocycles. The average molecular weight is 268 g/mol. The van der Waals surface area contributed by atoms with Gasteiger partial charge in [-0.3, -0.25) is 4.90 Å². The van der Waals surface area contributed by atoms with Crippen LogP contribution in [0, 0.1) is 11.8 Å². The number of hydrogen-bond acceptors (Lipinski definition) is 3. The number of hydrogen-bond donors (Lipinski definition) is 1. The fraction of sp³-hybridized carbons (Fsp3) is 1.00. The fourth-order valence-electron chi connectivity index (χ4n) is 3.50. The lowest BCUT2D eigenvalue weighted by molar-refractivity contribution is 0.00601. The zero-order valence-corrected chi connectivity index (χ0v) is 13.2. The van der Waals surface area contributed by atoms with Gasteiger partial charge in [0.2, 0.25) is 0 Å². The van der Waals surface area contributed by atoms with Crippen LogP contribution in [0.1, 0.15) is 47.0 Å². The van der Waals surface area contributed by atoms with Crippen molar-refractivity contribution in [1.29, 1.82) is 0 Å². The van der Waals surface area contributed by atoms with Gasteiger partial charge in [-0.15, -0.1) is 0 Å². The zero-order chi connectivity index (χ0) is 13.9. The van der Waals surface area contributed by atoms with E-state index in [0.717, 1.165) is 38.1 Å². The summed E-state index contributed by atoms with van der Waals surface area (Å²) in [6.45, 7) is 14.3. The van der Waals surface area contributed by atoms with E-state index in [1.54, 1.807) is 0 Å². The topological polar surface area (TPSA) is 24.5 Å². The lowest BCUT2D eigenvalue weighted by Crippen LogP contribution is -2.65. The van der Waals surface area contributed by atoms with E-state index in [1.165, 1.54) is 25.8 Å². The third kappa shape index (κ3) is 3.93. The molecule has 0 amide bonds. The van der Waals surface area contributed by atoms with Crippen LogP contribution in [0.2, 0.25) is 0 Å². The van der Waals surface area contributed by atoms with Crippen molar-refractivity contribution in [3.8, 4) is 0 Å². The van der Waals surface area contributed by atoms with E-state index in [9.17, 15) is 0 Å². The van der Waals surface area contributed by atoms with Crippen molar-refractivity contribution < 1.29 is 4.74 Å². The summed E-state index contributed by atoms with van der Waals surface area (Å²) in [5.74, 6) is 1.68. The molecule has 1 saturated heterocycles. The lowest BCUT2D eigenvalue weighted by atomic mass is 9.88. The van der Waals surface area contributed by atoms with Gasteiger partial charge in [0.25, 0.3) is 0 Å². The molecule has 2 aliphatic rings. The number of rotatable bonds is 7. The molecule has 1 aliphatic carbocycles. The van der Waals surface area contributed by atoms with Crippen LogP contribution in [-0.4, -0.2) is 49.3 Å². The average Bonchev–Trinajstić information content (AvgIpc) is 3.17. The Bertz CT molecular complexity index is 278. The predicted molar refractivity (Wildman–Crippen MR) is 80.4 cm³/mol. The largest absolute Gasteiger partial charge is 0.380 e. The highest BCUT2D eigenvalue weighted by Crippen LogP contribution is 2.44. The van der Waals surface area contributed by atoms with Crippen LogP contribution in [-0.2, 0) is 4.74 Å². The van der Waals surface area contributed by atoms with E-state index in [0.29, 0.717) is 11.6 Å². The maximum Gasteiger partial charge on any atom is 0.0593 e. The summed E-state index contributed by atoms with van der Waals surface area (Å²) in [6.07, 6.45) is 4.11. The van der Waals surface area contributed by atoms with Crippen molar-refractivity contribution in [1.82, 2.24) is 10.2 Å². The van der Waals surface area contributed by atoms with E-state index >= 15 is 0 Å². The molecule has 0 aromatic rings. The first-order valence-corrected chi connectivity index (χ1v) is 8.12. The van der Waals surface area contributed by atoms with Crippen LogP contribution < -0.4 is 5.32 Å². The molecule has 112 valence electrons. The minimum atomic E-state index is 0.366. The Morgan fingerprint density at radius 1 is 1.37 bits per heavy atom. The van der Waals surface area contributed by atoms with Gasteiger partial charge in [-0.1, -0.05) is 13.8 Å². The molecule has 2 atom stereocenters. The van der Waals surface area contributed by atoms with Gasteiger partial charge in [-0.2, -0.15) is 0 Å². The van der Waals surface area contributed by atoms with E-state index < -0.39 is 0 Å². The highest BCUT2D eigenvalue weighted by molar-refractivity contribution is 5.04. The molecule has 2 rings (SSSR count). The van der Waals surface area contributed by atoms with Crippen LogP contribution in [0.25, 0.3) is 0 Å². The Morgan fingerprint density at radius 3 is 2.68 bits per heavy atom. The Labute approximate surface area is 119 Å². The number of piperazine rings is 1. The van der Waals surface area contributed by atoms with Gasteiger partial charge < -0.3 is 10.1 Å². The zero-order valence-electron chi connectivity index (χ0n) is 13.2. The number of nitrogens with one attached hydrogen (secondary N) is 1. The molecule has 19 heavy (non-hydrogen) atoms. The summed E-state index contributed by atoms with van der Waals surface area (Å²) < 4.78 is 5.58. The molecular formula is C16H32N2O. The van der Waals surface area contributed by atoms with Gasteiger partial charge >= 0.3 is 0 Å². The van der Waals surface area contributed by atoms with Gasteiger partial charge in [0.1, 0.15) is 0 Å². The van der Waals surface area contributed by atoms with Crippen LogP contribution in [0.3, 0.4) is 0 Å². The Morgan fingerprint density at radius 2 is 2.11 bits per heavy atom. The first-order valence-electron chi connectivity index (χ1n) is 8.12. The molecule has 1 saturated carbocycles. The molecule has 0 bridgehead atoms. The molecule has 3 nitrogen and oxygen atoms in total. The quantitative estimate of drug-likeness (QED) is 0.718.